The fraction of sp³-hybridized carbons (Fsp3) is 1.00. The molecule has 0 saturated carbocycles. The van der Waals surface area contributed by atoms with Gasteiger partial charge in [-0.15, -0.1) is 3.53 Å². The minimum Gasteiger partial charge on any atom is -0.259 e. The Morgan fingerprint density at radius 1 is 1.50 bits per heavy atom. The van der Waals surface area contributed by atoms with Gasteiger partial charge in [-0.1, -0.05) is 0 Å². The summed E-state index contributed by atoms with van der Waals surface area (Å²) in [7, 11) is 0. The van der Waals surface area contributed by atoms with E-state index in [1.807, 2.05) is 0 Å². The third-order valence-corrected chi connectivity index (χ3v) is 1.51. The number of nitro groups is 1. The van der Waals surface area contributed by atoms with Crippen molar-refractivity contribution in [3.05, 3.63) is 10.1 Å². The predicted molar refractivity (Wildman–Crippen MR) is 36.6 cm³/mol. The lowest BCUT2D eigenvalue weighted by atomic mass is 10.7. The largest absolute Gasteiger partial charge is 0.521 e. The molecule has 0 saturated heterocycles. The summed E-state index contributed by atoms with van der Waals surface area (Å²) in [5.74, 6) is -1.89. The molecule has 1 N–H and O–H groups in total. The third kappa shape index (κ3) is 0.965. The Kier molecular flexibility index (Phi) is 1.85. The quantitative estimate of drug-likeness (QED) is 0.257. The molecule has 0 amide bonds. The summed E-state index contributed by atoms with van der Waals surface area (Å²) in [5, 5.41) is 22.5. The molecule has 1 aliphatic rings. The van der Waals surface area contributed by atoms with E-state index in [-0.39, 0.29) is 0 Å². The van der Waals surface area contributed by atoms with Crippen molar-refractivity contribution in [1.82, 2.24) is 3.53 Å². The first kappa shape index (κ1) is 7.40. The van der Waals surface area contributed by atoms with E-state index < -0.39 is 10.8 Å². The monoisotopic (exact) mass is 256 g/mol. The highest BCUT2D eigenvalue weighted by Gasteiger charge is 2.46. The Labute approximate surface area is 68.4 Å². The molecule has 0 fully saturated rings. The highest BCUT2D eigenvalue weighted by atomic mass is 127. The third-order valence-electron chi connectivity index (χ3n) is 0.790. The molecule has 0 bridgehead atoms. The number of halogens is 1. The van der Waals surface area contributed by atoms with Crippen LogP contribution in [0.25, 0.3) is 0 Å². The van der Waals surface area contributed by atoms with Gasteiger partial charge in [-0.3, -0.25) is 10.1 Å². The van der Waals surface area contributed by atoms with Crippen molar-refractivity contribution >= 4 is 22.9 Å². The first-order valence-electron chi connectivity index (χ1n) is 2.07. The van der Waals surface area contributed by atoms with Crippen LogP contribution in [0.2, 0.25) is 0 Å². The van der Waals surface area contributed by atoms with Gasteiger partial charge in [-0.2, -0.15) is 0 Å². The fourth-order valence-electron chi connectivity index (χ4n) is 0.330. The SMILES string of the molecule is O=[N+]([O-])C1(NI)N=NN=N1. The van der Waals surface area contributed by atoms with Crippen LogP contribution in [-0.4, -0.2) is 10.8 Å². The predicted octanol–water partition coefficient (Wildman–Crippen LogP) is 0.647. The summed E-state index contributed by atoms with van der Waals surface area (Å²) in [5.41, 5.74) is 0. The van der Waals surface area contributed by atoms with Crippen molar-refractivity contribution in [1.29, 1.82) is 0 Å². The van der Waals surface area contributed by atoms with Gasteiger partial charge in [0.2, 0.25) is 0 Å². The molecule has 0 aromatic heterocycles. The van der Waals surface area contributed by atoms with Crippen molar-refractivity contribution in [2.75, 3.05) is 0 Å². The highest BCUT2D eigenvalue weighted by molar-refractivity contribution is 14.1. The molecule has 54 valence electrons. The van der Waals surface area contributed by atoms with Crippen LogP contribution in [0.5, 0.6) is 0 Å². The molecule has 0 aromatic carbocycles. The summed E-state index contributed by atoms with van der Waals surface area (Å²) in [4.78, 5) is 9.46. The standard InChI is InChI=1S/CHIN6O2/c2-3-1(8(9)10)4-6-7-5-1/h3H. The van der Waals surface area contributed by atoms with E-state index in [0.717, 1.165) is 0 Å². The molecule has 0 aromatic rings. The Bertz CT molecular complexity index is 198. The van der Waals surface area contributed by atoms with Gasteiger partial charge < -0.3 is 0 Å². The van der Waals surface area contributed by atoms with Crippen molar-refractivity contribution in [3.63, 3.8) is 0 Å². The van der Waals surface area contributed by atoms with E-state index in [4.69, 9.17) is 0 Å². The number of hydrogen-bond donors (Lipinski definition) is 1. The molecule has 0 radical (unpaired) electrons. The molecule has 10 heavy (non-hydrogen) atoms. The van der Waals surface area contributed by atoms with Gasteiger partial charge in [0.25, 0.3) is 0 Å². The average molecular weight is 256 g/mol. The second-order valence-electron chi connectivity index (χ2n) is 1.37. The first-order valence-corrected chi connectivity index (χ1v) is 3.15. The molecule has 9 heteroatoms. The smallest absolute Gasteiger partial charge is 0.259 e. The molecule has 1 aliphatic heterocycles. The minimum absolute atomic E-state index is 0.723. The first-order chi connectivity index (χ1) is 4.71. The van der Waals surface area contributed by atoms with Gasteiger partial charge in [0.05, 0.1) is 4.92 Å². The Morgan fingerprint density at radius 2 is 2.00 bits per heavy atom. The van der Waals surface area contributed by atoms with Crippen LogP contribution < -0.4 is 3.53 Å². The summed E-state index contributed by atoms with van der Waals surface area (Å²) >= 11 is 1.56. The van der Waals surface area contributed by atoms with E-state index >= 15 is 0 Å². The summed E-state index contributed by atoms with van der Waals surface area (Å²) in [6.07, 6.45) is 0. The molecule has 0 atom stereocenters. The van der Waals surface area contributed by atoms with Crippen LogP contribution in [0.15, 0.2) is 20.7 Å². The molecular weight excluding hydrogens is 255 g/mol. The van der Waals surface area contributed by atoms with E-state index in [1.165, 1.54) is 0 Å². The summed E-state index contributed by atoms with van der Waals surface area (Å²) < 4.78 is 2.23. The molecule has 1 heterocycles. The Hall–Kier alpha value is -0.710. The summed E-state index contributed by atoms with van der Waals surface area (Å²) in [6.45, 7) is 0. The molecular formula is CHIN6O2. The maximum Gasteiger partial charge on any atom is 0.521 e. The highest BCUT2D eigenvalue weighted by Crippen LogP contribution is 2.18. The van der Waals surface area contributed by atoms with Gasteiger partial charge in [0, 0.05) is 22.9 Å². The van der Waals surface area contributed by atoms with E-state index in [1.54, 1.807) is 22.9 Å². The number of nitrogens with one attached hydrogen (secondary N) is 1. The van der Waals surface area contributed by atoms with E-state index in [2.05, 4.69) is 24.2 Å². The molecule has 8 nitrogen and oxygen atoms in total. The van der Waals surface area contributed by atoms with Crippen LogP contribution in [0.4, 0.5) is 0 Å². The van der Waals surface area contributed by atoms with Gasteiger partial charge in [0.15, 0.2) is 0 Å². The second kappa shape index (κ2) is 2.49. The van der Waals surface area contributed by atoms with Gasteiger partial charge in [0.1, 0.15) is 0 Å². The average Bonchev–Trinajstić information content (AvgIpc) is 2.35. The lowest BCUT2D eigenvalue weighted by Gasteiger charge is -2.04. The van der Waals surface area contributed by atoms with Crippen LogP contribution in [-0.2, 0) is 0 Å². The second-order valence-corrected chi connectivity index (χ2v) is 1.91. The topological polar surface area (TPSA) is 105 Å². The number of rotatable bonds is 2. The molecule has 1 rings (SSSR count). The van der Waals surface area contributed by atoms with Crippen LogP contribution in [0.3, 0.4) is 0 Å². The molecule has 0 aliphatic carbocycles. The zero-order valence-electron chi connectivity index (χ0n) is 4.43. The van der Waals surface area contributed by atoms with Crippen LogP contribution in [0, 0.1) is 10.1 Å². The van der Waals surface area contributed by atoms with Gasteiger partial charge in [-0.05, 0) is 20.7 Å². The van der Waals surface area contributed by atoms with Gasteiger partial charge >= 0.3 is 5.91 Å². The lowest BCUT2D eigenvalue weighted by Crippen LogP contribution is -2.41. The van der Waals surface area contributed by atoms with Crippen LogP contribution >= 0.6 is 22.9 Å². The van der Waals surface area contributed by atoms with E-state index in [9.17, 15) is 10.1 Å². The number of hydrogen-bond acceptors (Lipinski definition) is 7. The lowest BCUT2D eigenvalue weighted by molar-refractivity contribution is -0.568. The molecule has 0 unspecified atom stereocenters. The van der Waals surface area contributed by atoms with Gasteiger partial charge in [-0.25, -0.2) is 0 Å². The summed E-state index contributed by atoms with van der Waals surface area (Å²) in [6, 6.07) is 0. The van der Waals surface area contributed by atoms with Crippen LogP contribution in [0.1, 0.15) is 0 Å². The maximum atomic E-state index is 10.2. The van der Waals surface area contributed by atoms with Crippen molar-refractivity contribution in [2.24, 2.45) is 20.7 Å². The maximum absolute atomic E-state index is 10.2. The zero-order chi connectivity index (χ0) is 7.61. The van der Waals surface area contributed by atoms with Crippen molar-refractivity contribution in [2.45, 2.75) is 5.91 Å². The van der Waals surface area contributed by atoms with Crippen molar-refractivity contribution < 1.29 is 4.92 Å². The van der Waals surface area contributed by atoms with Crippen molar-refractivity contribution in [3.8, 4) is 0 Å². The molecule has 0 spiro atoms. The number of nitrogens with zero attached hydrogens (tertiary/aromatic N) is 5. The fourth-order valence-corrected chi connectivity index (χ4v) is 0.743. The Morgan fingerprint density at radius 3 is 2.20 bits per heavy atom. The minimum atomic E-state index is -1.89. The normalized spacial score (nSPS) is 19.7. The van der Waals surface area contributed by atoms with E-state index in [0.29, 0.717) is 0 Å². The zero-order valence-corrected chi connectivity index (χ0v) is 6.59. The Balaban J connectivity index is 2.90.